The van der Waals surface area contributed by atoms with Crippen LogP contribution in [0, 0.1) is 0 Å². The van der Waals surface area contributed by atoms with Crippen molar-refractivity contribution in [3.8, 4) is 10.6 Å². The van der Waals surface area contributed by atoms with Crippen LogP contribution in [-0.2, 0) is 12.7 Å². The maximum atomic E-state index is 13.8. The van der Waals surface area contributed by atoms with Crippen LogP contribution in [0.1, 0.15) is 21.7 Å². The molecule has 5 rings (SSSR count). The molecule has 0 bridgehead atoms. The van der Waals surface area contributed by atoms with Gasteiger partial charge in [0.1, 0.15) is 0 Å². The summed E-state index contributed by atoms with van der Waals surface area (Å²) >= 11 is 16.6. The molecule has 5 aromatic rings. The lowest BCUT2D eigenvalue weighted by atomic mass is 10.2. The molecule has 0 saturated carbocycles. The van der Waals surface area contributed by atoms with Crippen molar-refractivity contribution in [2.45, 2.75) is 12.7 Å². The number of aromatic nitrogens is 5. The first-order valence-electron chi connectivity index (χ1n) is 10.1. The van der Waals surface area contributed by atoms with E-state index >= 15 is 0 Å². The Balaban J connectivity index is 1.43. The summed E-state index contributed by atoms with van der Waals surface area (Å²) in [7, 11) is 0. The van der Waals surface area contributed by atoms with Crippen LogP contribution in [0.2, 0.25) is 10.0 Å². The number of carbonyl (C=O) groups is 1. The third-order valence-corrected chi connectivity index (χ3v) is 7.21. The van der Waals surface area contributed by atoms with Crippen LogP contribution in [0.4, 0.5) is 19.0 Å². The van der Waals surface area contributed by atoms with E-state index in [1.807, 2.05) is 0 Å². The molecule has 1 amide bonds. The average molecular weight is 616 g/mol. The second kappa shape index (κ2) is 9.51. The molecule has 0 radical (unpaired) electrons. The topological polar surface area (TPSA) is 77.1 Å². The molecule has 4 aromatic heterocycles. The second-order valence-electron chi connectivity index (χ2n) is 7.53. The predicted molar refractivity (Wildman–Crippen MR) is 135 cm³/mol. The summed E-state index contributed by atoms with van der Waals surface area (Å²) in [6.45, 7) is 0.337. The number of anilines is 1. The van der Waals surface area contributed by atoms with E-state index in [1.54, 1.807) is 46.6 Å². The van der Waals surface area contributed by atoms with Crippen LogP contribution in [0.15, 0.2) is 58.5 Å². The first-order chi connectivity index (χ1) is 17.1. The van der Waals surface area contributed by atoms with Crippen LogP contribution < -0.4 is 5.32 Å². The van der Waals surface area contributed by atoms with Crippen molar-refractivity contribution in [1.82, 2.24) is 24.4 Å². The zero-order chi connectivity index (χ0) is 25.6. The number of carbonyl (C=O) groups excluding carboxylic acids is 1. The highest BCUT2D eigenvalue weighted by atomic mass is 79.9. The minimum Gasteiger partial charge on any atom is -0.303 e. The Hall–Kier alpha value is -2.93. The van der Waals surface area contributed by atoms with E-state index in [1.165, 1.54) is 17.4 Å². The van der Waals surface area contributed by atoms with Crippen molar-refractivity contribution < 1.29 is 18.0 Å². The van der Waals surface area contributed by atoms with E-state index in [2.05, 4.69) is 36.4 Å². The lowest BCUT2D eigenvalue weighted by Crippen LogP contribution is -2.16. The maximum Gasteiger partial charge on any atom is 0.433 e. The number of benzene rings is 1. The molecular formula is C22H12BrCl2F3N6OS. The van der Waals surface area contributed by atoms with Crippen LogP contribution in [0.5, 0.6) is 0 Å². The van der Waals surface area contributed by atoms with Crippen LogP contribution in [0.25, 0.3) is 16.2 Å². The molecule has 0 aliphatic carbocycles. The Morgan fingerprint density at radius 3 is 2.61 bits per heavy atom. The van der Waals surface area contributed by atoms with E-state index in [0.717, 1.165) is 11.6 Å². The van der Waals surface area contributed by atoms with E-state index in [4.69, 9.17) is 23.2 Å². The fourth-order valence-electron chi connectivity index (χ4n) is 3.40. The quantitative estimate of drug-likeness (QED) is 0.230. The molecule has 4 heterocycles. The van der Waals surface area contributed by atoms with Gasteiger partial charge in [0.25, 0.3) is 5.91 Å². The molecular weight excluding hydrogens is 604 g/mol. The summed E-state index contributed by atoms with van der Waals surface area (Å²) in [5.41, 5.74) is -0.433. The van der Waals surface area contributed by atoms with Gasteiger partial charge in [0.2, 0.25) is 0 Å². The van der Waals surface area contributed by atoms with E-state index in [0.29, 0.717) is 30.5 Å². The van der Waals surface area contributed by atoms with Gasteiger partial charge in [-0.15, -0.1) is 11.3 Å². The summed E-state index contributed by atoms with van der Waals surface area (Å²) in [6.07, 6.45) is -3.07. The second-order valence-corrected chi connectivity index (χ2v) is 10.1. The smallest absolute Gasteiger partial charge is 0.303 e. The van der Waals surface area contributed by atoms with E-state index in [-0.39, 0.29) is 22.9 Å². The minimum absolute atomic E-state index is 0.109. The van der Waals surface area contributed by atoms with Gasteiger partial charge in [0.15, 0.2) is 22.9 Å². The molecule has 0 spiro atoms. The van der Waals surface area contributed by atoms with Gasteiger partial charge in [-0.25, -0.2) is 9.50 Å². The number of nitrogens with zero attached hydrogens (tertiary/aromatic N) is 5. The summed E-state index contributed by atoms with van der Waals surface area (Å²) < 4.78 is 43.9. The van der Waals surface area contributed by atoms with Crippen molar-refractivity contribution in [1.29, 1.82) is 0 Å². The van der Waals surface area contributed by atoms with Crippen molar-refractivity contribution >= 4 is 67.8 Å². The number of rotatable bonds is 5. The molecule has 0 fully saturated rings. The first kappa shape index (κ1) is 24.8. The molecule has 36 heavy (non-hydrogen) atoms. The van der Waals surface area contributed by atoms with Crippen molar-refractivity contribution in [3.63, 3.8) is 0 Å². The monoisotopic (exact) mass is 614 g/mol. The van der Waals surface area contributed by atoms with Crippen molar-refractivity contribution in [3.05, 3.63) is 85.5 Å². The fraction of sp³-hybridized carbons (Fsp3) is 0.0909. The summed E-state index contributed by atoms with van der Waals surface area (Å²) in [4.78, 5) is 17.7. The highest BCUT2D eigenvalue weighted by Gasteiger charge is 2.36. The van der Waals surface area contributed by atoms with Crippen molar-refractivity contribution in [2.24, 2.45) is 0 Å². The molecule has 0 atom stereocenters. The van der Waals surface area contributed by atoms with Gasteiger partial charge in [-0.1, -0.05) is 35.3 Å². The molecule has 0 aliphatic heterocycles. The number of fused-ring (bicyclic) bond motifs is 1. The van der Waals surface area contributed by atoms with Gasteiger partial charge in [-0.2, -0.15) is 23.4 Å². The number of nitrogens with one attached hydrogen (secondary N) is 1. The number of amides is 1. The Morgan fingerprint density at radius 1 is 1.11 bits per heavy atom. The van der Waals surface area contributed by atoms with Gasteiger partial charge in [-0.3, -0.25) is 9.48 Å². The predicted octanol–water partition coefficient (Wildman–Crippen LogP) is 7.04. The van der Waals surface area contributed by atoms with Crippen LogP contribution >= 0.6 is 50.5 Å². The lowest BCUT2D eigenvalue weighted by molar-refractivity contribution is -0.142. The fourth-order valence-corrected chi connectivity index (χ4v) is 4.82. The summed E-state index contributed by atoms with van der Waals surface area (Å²) in [5.74, 6) is -0.577. The number of hydrogen-bond donors (Lipinski definition) is 1. The molecule has 1 aromatic carbocycles. The molecule has 1 N–H and O–H groups in total. The Bertz CT molecular complexity index is 1600. The molecule has 0 unspecified atom stereocenters. The highest BCUT2D eigenvalue weighted by molar-refractivity contribution is 9.10. The number of thiophene rings is 1. The molecule has 184 valence electrons. The van der Waals surface area contributed by atoms with Crippen LogP contribution in [0.3, 0.4) is 0 Å². The van der Waals surface area contributed by atoms with E-state index in [9.17, 15) is 18.0 Å². The lowest BCUT2D eigenvalue weighted by Gasteiger charge is -2.10. The van der Waals surface area contributed by atoms with Crippen LogP contribution in [-0.4, -0.2) is 30.3 Å². The molecule has 14 heteroatoms. The zero-order valence-electron chi connectivity index (χ0n) is 17.7. The average Bonchev–Trinajstić information content (AvgIpc) is 3.55. The molecule has 0 aliphatic rings. The largest absolute Gasteiger partial charge is 0.433 e. The van der Waals surface area contributed by atoms with Gasteiger partial charge in [0.05, 0.1) is 31.6 Å². The van der Waals surface area contributed by atoms with Gasteiger partial charge in [0, 0.05) is 12.3 Å². The third kappa shape index (κ3) is 4.99. The van der Waals surface area contributed by atoms with E-state index < -0.39 is 17.8 Å². The third-order valence-electron chi connectivity index (χ3n) is 5.00. The minimum atomic E-state index is -4.71. The SMILES string of the molecule is O=C(Nc1nn(Cc2ccc(Cl)c(Cl)c2)cc1Br)c1cc2nc(-c3cccs3)cc(C(F)(F)F)n2n1. The molecule has 0 saturated heterocycles. The zero-order valence-corrected chi connectivity index (χ0v) is 21.6. The first-order valence-corrected chi connectivity index (χ1v) is 12.5. The Kier molecular flexibility index (Phi) is 6.54. The Morgan fingerprint density at radius 2 is 1.92 bits per heavy atom. The standard InChI is InChI=1S/C22H12BrCl2F3N6OS/c23-12-10-33(9-11-3-4-13(24)14(25)6-11)32-20(12)30-21(35)16-8-19-29-15(17-2-1-5-36-17)7-18(22(26,27)28)34(19)31-16/h1-8,10H,9H2,(H,30,32,35). The van der Waals surface area contributed by atoms with Gasteiger partial charge >= 0.3 is 6.18 Å². The van der Waals surface area contributed by atoms with Crippen molar-refractivity contribution in [2.75, 3.05) is 5.32 Å². The Labute approximate surface area is 223 Å². The van der Waals surface area contributed by atoms with Gasteiger partial charge in [-0.05, 0) is 51.1 Å². The number of alkyl halides is 3. The summed E-state index contributed by atoms with van der Waals surface area (Å²) in [6, 6.07) is 10.6. The van der Waals surface area contributed by atoms with Gasteiger partial charge < -0.3 is 5.32 Å². The number of halogens is 6. The molecule has 7 nitrogen and oxygen atoms in total. The number of hydrogen-bond acceptors (Lipinski definition) is 5. The maximum absolute atomic E-state index is 13.8. The normalized spacial score (nSPS) is 11.8. The summed E-state index contributed by atoms with van der Waals surface area (Å²) in [5, 5.41) is 13.3. The highest BCUT2D eigenvalue weighted by Crippen LogP contribution is 2.33.